The molecule has 0 aliphatic carbocycles. The molecule has 2 rings (SSSR count). The molecule has 88 valence electrons. The SMILES string of the molecule is COc1cnc(-c2cc(OC)cc(C)n2)nc1. The Morgan fingerprint density at radius 2 is 1.59 bits per heavy atom. The highest BCUT2D eigenvalue weighted by atomic mass is 16.5. The molecule has 0 aliphatic rings. The number of methoxy groups -OCH3 is 2. The second-order valence-corrected chi connectivity index (χ2v) is 3.48. The van der Waals surface area contributed by atoms with Gasteiger partial charge in [-0.05, 0) is 6.92 Å². The molecule has 5 nitrogen and oxygen atoms in total. The highest BCUT2D eigenvalue weighted by Gasteiger charge is 2.06. The summed E-state index contributed by atoms with van der Waals surface area (Å²) in [6.07, 6.45) is 3.22. The van der Waals surface area contributed by atoms with Crippen molar-refractivity contribution < 1.29 is 9.47 Å². The molecule has 0 atom stereocenters. The van der Waals surface area contributed by atoms with Crippen LogP contribution >= 0.6 is 0 Å². The lowest BCUT2D eigenvalue weighted by molar-refractivity contribution is 0.410. The summed E-state index contributed by atoms with van der Waals surface area (Å²) < 4.78 is 10.2. The molecule has 0 bridgehead atoms. The van der Waals surface area contributed by atoms with E-state index in [4.69, 9.17) is 9.47 Å². The minimum atomic E-state index is 0.549. The average Bonchev–Trinajstić information content (AvgIpc) is 2.38. The maximum absolute atomic E-state index is 5.18. The largest absolute Gasteiger partial charge is 0.497 e. The third-order valence-electron chi connectivity index (χ3n) is 2.26. The Kier molecular flexibility index (Phi) is 3.18. The molecule has 0 amide bonds. The van der Waals surface area contributed by atoms with Gasteiger partial charge in [-0.1, -0.05) is 0 Å². The first kappa shape index (κ1) is 11.3. The van der Waals surface area contributed by atoms with E-state index in [1.807, 2.05) is 13.0 Å². The molecule has 5 heteroatoms. The topological polar surface area (TPSA) is 57.1 Å². The van der Waals surface area contributed by atoms with Crippen LogP contribution in [0.4, 0.5) is 0 Å². The van der Waals surface area contributed by atoms with Gasteiger partial charge in [0.1, 0.15) is 11.4 Å². The van der Waals surface area contributed by atoms with Crippen molar-refractivity contribution in [2.45, 2.75) is 6.92 Å². The molecule has 0 saturated carbocycles. The van der Waals surface area contributed by atoms with Crippen molar-refractivity contribution in [3.05, 3.63) is 30.2 Å². The second kappa shape index (κ2) is 4.78. The molecule has 0 fully saturated rings. The molecule has 17 heavy (non-hydrogen) atoms. The lowest BCUT2D eigenvalue weighted by atomic mass is 10.3. The maximum atomic E-state index is 5.18. The first-order valence-electron chi connectivity index (χ1n) is 5.12. The number of hydrogen-bond donors (Lipinski definition) is 0. The Morgan fingerprint density at radius 3 is 2.18 bits per heavy atom. The zero-order valence-electron chi connectivity index (χ0n) is 9.97. The van der Waals surface area contributed by atoms with Gasteiger partial charge in [-0.15, -0.1) is 0 Å². The van der Waals surface area contributed by atoms with Gasteiger partial charge in [0.25, 0.3) is 0 Å². The van der Waals surface area contributed by atoms with Crippen molar-refractivity contribution in [2.75, 3.05) is 14.2 Å². The molecule has 0 N–H and O–H groups in total. The molecule has 0 aliphatic heterocycles. The van der Waals surface area contributed by atoms with E-state index in [0.29, 0.717) is 17.3 Å². The molecule has 2 heterocycles. The maximum Gasteiger partial charge on any atom is 0.178 e. The molecule has 0 spiro atoms. The van der Waals surface area contributed by atoms with Crippen LogP contribution in [0.1, 0.15) is 5.69 Å². The number of hydrogen-bond acceptors (Lipinski definition) is 5. The van der Waals surface area contributed by atoms with Crippen LogP contribution in [-0.2, 0) is 0 Å². The van der Waals surface area contributed by atoms with Gasteiger partial charge in [-0.3, -0.25) is 0 Å². The zero-order chi connectivity index (χ0) is 12.3. The van der Waals surface area contributed by atoms with E-state index in [2.05, 4.69) is 15.0 Å². The Balaban J connectivity index is 2.41. The standard InChI is InChI=1S/C12H13N3O2/c1-8-4-9(16-2)5-11(15-8)12-13-6-10(17-3)7-14-12/h4-7H,1-3H3. The van der Waals surface area contributed by atoms with Crippen molar-refractivity contribution in [1.82, 2.24) is 15.0 Å². The Bertz CT molecular complexity index is 512. The third kappa shape index (κ3) is 2.50. The van der Waals surface area contributed by atoms with E-state index in [1.54, 1.807) is 32.7 Å². The van der Waals surface area contributed by atoms with Crippen molar-refractivity contribution in [3.8, 4) is 23.0 Å². The van der Waals surface area contributed by atoms with Crippen LogP contribution in [-0.4, -0.2) is 29.2 Å². The lowest BCUT2D eigenvalue weighted by Crippen LogP contribution is -1.95. The minimum Gasteiger partial charge on any atom is -0.497 e. The molecule has 0 saturated heterocycles. The summed E-state index contributed by atoms with van der Waals surface area (Å²) in [5.41, 5.74) is 1.54. The summed E-state index contributed by atoms with van der Waals surface area (Å²) >= 11 is 0. The van der Waals surface area contributed by atoms with Gasteiger partial charge in [0.15, 0.2) is 11.6 Å². The number of pyridine rings is 1. The first-order chi connectivity index (χ1) is 8.22. The van der Waals surface area contributed by atoms with Crippen LogP contribution in [0.2, 0.25) is 0 Å². The highest BCUT2D eigenvalue weighted by Crippen LogP contribution is 2.20. The monoisotopic (exact) mass is 231 g/mol. The number of aryl methyl sites for hydroxylation is 1. The zero-order valence-corrected chi connectivity index (χ0v) is 9.97. The molecule has 0 unspecified atom stereocenters. The number of rotatable bonds is 3. The predicted molar refractivity (Wildman–Crippen MR) is 63.1 cm³/mol. The highest BCUT2D eigenvalue weighted by molar-refractivity contribution is 5.52. The Morgan fingerprint density at radius 1 is 0.941 bits per heavy atom. The van der Waals surface area contributed by atoms with Crippen LogP contribution in [0.3, 0.4) is 0 Å². The van der Waals surface area contributed by atoms with Crippen LogP contribution in [0.25, 0.3) is 11.5 Å². The van der Waals surface area contributed by atoms with Gasteiger partial charge in [0, 0.05) is 17.8 Å². The van der Waals surface area contributed by atoms with Crippen molar-refractivity contribution in [3.63, 3.8) is 0 Å². The average molecular weight is 231 g/mol. The van der Waals surface area contributed by atoms with Gasteiger partial charge < -0.3 is 9.47 Å². The van der Waals surface area contributed by atoms with Crippen molar-refractivity contribution in [2.24, 2.45) is 0 Å². The van der Waals surface area contributed by atoms with Crippen LogP contribution in [0, 0.1) is 6.92 Å². The predicted octanol–water partition coefficient (Wildman–Crippen LogP) is 1.86. The third-order valence-corrected chi connectivity index (χ3v) is 2.26. The summed E-state index contributed by atoms with van der Waals surface area (Å²) in [4.78, 5) is 12.7. The summed E-state index contributed by atoms with van der Waals surface area (Å²) in [6, 6.07) is 3.65. The van der Waals surface area contributed by atoms with Crippen molar-refractivity contribution in [1.29, 1.82) is 0 Å². The van der Waals surface area contributed by atoms with Gasteiger partial charge in [0.05, 0.1) is 26.6 Å². The number of ether oxygens (including phenoxy) is 2. The van der Waals surface area contributed by atoms with Gasteiger partial charge in [-0.2, -0.15) is 0 Å². The summed E-state index contributed by atoms with van der Waals surface area (Å²) in [5, 5.41) is 0. The van der Waals surface area contributed by atoms with Gasteiger partial charge >= 0.3 is 0 Å². The Hall–Kier alpha value is -2.17. The number of aromatic nitrogens is 3. The fraction of sp³-hybridized carbons (Fsp3) is 0.250. The summed E-state index contributed by atoms with van der Waals surface area (Å²) in [5.74, 6) is 1.91. The van der Waals surface area contributed by atoms with E-state index in [1.165, 1.54) is 0 Å². The molecular formula is C12H13N3O2. The van der Waals surface area contributed by atoms with E-state index < -0.39 is 0 Å². The van der Waals surface area contributed by atoms with Crippen LogP contribution in [0.5, 0.6) is 11.5 Å². The van der Waals surface area contributed by atoms with E-state index >= 15 is 0 Å². The second-order valence-electron chi connectivity index (χ2n) is 3.48. The molecular weight excluding hydrogens is 218 g/mol. The Labute approximate surface area is 99.5 Å². The molecule has 2 aromatic rings. The van der Waals surface area contributed by atoms with E-state index in [0.717, 1.165) is 11.4 Å². The summed E-state index contributed by atoms with van der Waals surface area (Å²) in [7, 11) is 3.19. The first-order valence-corrected chi connectivity index (χ1v) is 5.12. The molecule has 0 aromatic carbocycles. The van der Waals surface area contributed by atoms with E-state index in [9.17, 15) is 0 Å². The lowest BCUT2D eigenvalue weighted by Gasteiger charge is -2.05. The number of nitrogens with zero attached hydrogens (tertiary/aromatic N) is 3. The van der Waals surface area contributed by atoms with Crippen LogP contribution < -0.4 is 9.47 Å². The summed E-state index contributed by atoms with van der Waals surface area (Å²) in [6.45, 7) is 1.90. The normalized spacial score (nSPS) is 10.1. The molecule has 0 radical (unpaired) electrons. The fourth-order valence-corrected chi connectivity index (χ4v) is 1.42. The smallest absolute Gasteiger partial charge is 0.178 e. The van der Waals surface area contributed by atoms with Crippen molar-refractivity contribution >= 4 is 0 Å². The fourth-order valence-electron chi connectivity index (χ4n) is 1.42. The molecule has 2 aromatic heterocycles. The quantitative estimate of drug-likeness (QED) is 0.807. The van der Waals surface area contributed by atoms with E-state index in [-0.39, 0.29) is 0 Å². The minimum absolute atomic E-state index is 0.549. The van der Waals surface area contributed by atoms with Gasteiger partial charge in [0.2, 0.25) is 0 Å². The van der Waals surface area contributed by atoms with Crippen LogP contribution in [0.15, 0.2) is 24.5 Å². The van der Waals surface area contributed by atoms with Gasteiger partial charge in [-0.25, -0.2) is 15.0 Å².